The van der Waals surface area contributed by atoms with Gasteiger partial charge in [-0.3, -0.25) is 14.5 Å². The van der Waals surface area contributed by atoms with Gasteiger partial charge in [-0.1, -0.05) is 25.1 Å². The van der Waals surface area contributed by atoms with E-state index in [1.165, 1.54) is 11.3 Å². The van der Waals surface area contributed by atoms with Crippen LogP contribution in [0.2, 0.25) is 0 Å². The van der Waals surface area contributed by atoms with E-state index in [1.54, 1.807) is 0 Å². The third-order valence-corrected chi connectivity index (χ3v) is 6.06. The van der Waals surface area contributed by atoms with Crippen molar-refractivity contribution >= 4 is 28.8 Å². The van der Waals surface area contributed by atoms with E-state index in [0.717, 1.165) is 54.2 Å². The largest absolute Gasteiger partial charge is 0.368 e. The molecule has 1 aliphatic rings. The fourth-order valence-electron chi connectivity index (χ4n) is 3.50. The van der Waals surface area contributed by atoms with Crippen LogP contribution >= 0.6 is 11.3 Å². The number of para-hydroxylation sites is 1. The number of rotatable bonds is 7. The molecule has 0 saturated carbocycles. The van der Waals surface area contributed by atoms with E-state index >= 15 is 0 Å². The van der Waals surface area contributed by atoms with Crippen LogP contribution in [0.3, 0.4) is 0 Å². The Morgan fingerprint density at radius 3 is 2.89 bits per heavy atom. The summed E-state index contributed by atoms with van der Waals surface area (Å²) in [5.74, 6) is -0.412. The number of carbonyl (C=O) groups excluding carboxylic acids is 2. The summed E-state index contributed by atoms with van der Waals surface area (Å²) in [6, 6.07) is 7.49. The molecule has 27 heavy (non-hydrogen) atoms. The van der Waals surface area contributed by atoms with Crippen molar-refractivity contribution in [2.75, 3.05) is 11.9 Å². The Kier molecular flexibility index (Phi) is 6.23. The van der Waals surface area contributed by atoms with Crippen LogP contribution in [0.15, 0.2) is 24.3 Å². The number of hydrogen-bond acceptors (Lipinski definition) is 5. The van der Waals surface area contributed by atoms with Crippen LogP contribution in [0.25, 0.3) is 0 Å². The van der Waals surface area contributed by atoms with Crippen molar-refractivity contribution in [2.45, 2.75) is 52.1 Å². The van der Waals surface area contributed by atoms with Gasteiger partial charge in [-0.2, -0.15) is 0 Å². The average molecular weight is 387 g/mol. The number of benzene rings is 1. The van der Waals surface area contributed by atoms with Gasteiger partial charge in [-0.25, -0.2) is 4.98 Å². The molecular weight excluding hydrogens is 360 g/mol. The Hall–Kier alpha value is -2.25. The predicted molar refractivity (Wildman–Crippen MR) is 108 cm³/mol. The van der Waals surface area contributed by atoms with Crippen molar-refractivity contribution < 1.29 is 9.59 Å². The molecule has 0 aliphatic carbocycles. The normalized spacial score (nSPS) is 17.2. The first-order valence-corrected chi connectivity index (χ1v) is 10.2. The summed E-state index contributed by atoms with van der Waals surface area (Å²) < 4.78 is 0. The van der Waals surface area contributed by atoms with Crippen molar-refractivity contribution in [2.24, 2.45) is 5.73 Å². The van der Waals surface area contributed by atoms with Crippen LogP contribution in [0.1, 0.15) is 52.1 Å². The summed E-state index contributed by atoms with van der Waals surface area (Å²) in [6.45, 7) is 5.40. The van der Waals surface area contributed by atoms with Gasteiger partial charge in [-0.05, 0) is 50.8 Å². The summed E-state index contributed by atoms with van der Waals surface area (Å²) in [4.78, 5) is 31.7. The molecule has 0 bridgehead atoms. The molecule has 2 aromatic rings. The molecule has 7 heteroatoms. The third-order valence-electron chi connectivity index (χ3n) is 4.84. The van der Waals surface area contributed by atoms with E-state index in [4.69, 9.17) is 5.73 Å². The van der Waals surface area contributed by atoms with Gasteiger partial charge in [0.05, 0.1) is 16.7 Å². The maximum atomic E-state index is 12.8. The highest BCUT2D eigenvalue weighted by atomic mass is 32.1. The third kappa shape index (κ3) is 4.54. The molecule has 1 fully saturated rings. The summed E-state index contributed by atoms with van der Waals surface area (Å²) >= 11 is 1.46. The molecule has 2 amide bonds. The molecule has 6 nitrogen and oxygen atoms in total. The molecule has 1 saturated heterocycles. The van der Waals surface area contributed by atoms with Gasteiger partial charge in [-0.15, -0.1) is 11.3 Å². The number of aromatic nitrogens is 1. The van der Waals surface area contributed by atoms with Gasteiger partial charge in [0, 0.05) is 12.2 Å². The number of anilines is 1. The quantitative estimate of drug-likeness (QED) is 0.765. The fraction of sp³-hybridized carbons (Fsp3) is 0.450. The topological polar surface area (TPSA) is 88.3 Å². The lowest BCUT2D eigenvalue weighted by atomic mass is 10.1. The number of aryl methyl sites for hydroxylation is 2. The van der Waals surface area contributed by atoms with E-state index in [0.29, 0.717) is 11.4 Å². The molecular formula is C20H26N4O2S. The fourth-order valence-corrected chi connectivity index (χ4v) is 4.56. The van der Waals surface area contributed by atoms with Crippen molar-refractivity contribution in [1.29, 1.82) is 0 Å². The zero-order valence-corrected chi connectivity index (χ0v) is 16.6. The zero-order chi connectivity index (χ0) is 19.4. The molecule has 144 valence electrons. The summed E-state index contributed by atoms with van der Waals surface area (Å²) in [6.07, 6.45) is 3.65. The van der Waals surface area contributed by atoms with Gasteiger partial charge in [0.1, 0.15) is 4.88 Å². The van der Waals surface area contributed by atoms with E-state index in [2.05, 4.69) is 22.1 Å². The summed E-state index contributed by atoms with van der Waals surface area (Å²) in [7, 11) is 0. The average Bonchev–Trinajstić information content (AvgIpc) is 3.23. The highest BCUT2D eigenvalue weighted by Gasteiger charge is 2.29. The van der Waals surface area contributed by atoms with Gasteiger partial charge in [0.15, 0.2) is 0 Å². The second-order valence-corrected chi connectivity index (χ2v) is 8.00. The van der Waals surface area contributed by atoms with Crippen molar-refractivity contribution in [3.63, 3.8) is 0 Å². The Morgan fingerprint density at radius 1 is 1.37 bits per heavy atom. The Morgan fingerprint density at radius 2 is 2.15 bits per heavy atom. The molecule has 1 aromatic heterocycles. The standard InChI is InChI=1S/C20H26N4O2S/c1-3-7-17-22-13(2)18(27-17)20(26)23-15-9-5-4-8-14(15)12-24-11-6-10-16(24)19(21)25/h4-5,8-9,16H,3,6-7,10-12H2,1-2H3,(H2,21,25)(H,23,26). The first kappa shape index (κ1) is 19.5. The van der Waals surface area contributed by atoms with Gasteiger partial charge >= 0.3 is 0 Å². The number of primary amides is 1. The first-order valence-electron chi connectivity index (χ1n) is 9.38. The summed E-state index contributed by atoms with van der Waals surface area (Å²) in [5, 5.41) is 4.02. The molecule has 1 aliphatic heterocycles. The minimum absolute atomic E-state index is 0.132. The number of nitrogens with zero attached hydrogens (tertiary/aromatic N) is 2. The highest BCUT2D eigenvalue weighted by molar-refractivity contribution is 7.13. The van der Waals surface area contributed by atoms with Gasteiger partial charge in [0.2, 0.25) is 5.91 Å². The number of amides is 2. The lowest BCUT2D eigenvalue weighted by Crippen LogP contribution is -2.39. The number of nitrogens with one attached hydrogen (secondary N) is 1. The Balaban J connectivity index is 1.76. The Labute approximate surface area is 163 Å². The monoisotopic (exact) mass is 386 g/mol. The first-order chi connectivity index (χ1) is 13.0. The second-order valence-electron chi connectivity index (χ2n) is 6.91. The SMILES string of the molecule is CCCc1nc(C)c(C(=O)Nc2ccccc2CN2CCCC2C(N)=O)s1. The molecule has 1 atom stereocenters. The molecule has 3 N–H and O–H groups in total. The van der Waals surface area contributed by atoms with Crippen molar-refractivity contribution in [3.8, 4) is 0 Å². The lowest BCUT2D eigenvalue weighted by molar-refractivity contribution is -0.122. The molecule has 3 rings (SSSR count). The van der Waals surface area contributed by atoms with E-state index in [1.807, 2.05) is 31.2 Å². The molecule has 1 aromatic carbocycles. The smallest absolute Gasteiger partial charge is 0.267 e. The molecule has 0 spiro atoms. The van der Waals surface area contributed by atoms with Gasteiger partial charge in [0.25, 0.3) is 5.91 Å². The molecule has 1 unspecified atom stereocenters. The van der Waals surface area contributed by atoms with Crippen LogP contribution in [-0.4, -0.2) is 34.3 Å². The minimum atomic E-state index is -0.280. The number of nitrogens with two attached hydrogens (primary N) is 1. The van der Waals surface area contributed by atoms with Crippen LogP contribution < -0.4 is 11.1 Å². The van der Waals surface area contributed by atoms with Crippen LogP contribution in [0, 0.1) is 6.92 Å². The Bertz CT molecular complexity index is 833. The molecule has 0 radical (unpaired) electrons. The molecule has 2 heterocycles. The zero-order valence-electron chi connectivity index (χ0n) is 15.8. The number of likely N-dealkylation sites (tertiary alicyclic amines) is 1. The van der Waals surface area contributed by atoms with E-state index in [-0.39, 0.29) is 17.9 Å². The van der Waals surface area contributed by atoms with E-state index in [9.17, 15) is 9.59 Å². The van der Waals surface area contributed by atoms with Crippen molar-refractivity contribution in [3.05, 3.63) is 45.4 Å². The van der Waals surface area contributed by atoms with Crippen molar-refractivity contribution in [1.82, 2.24) is 9.88 Å². The van der Waals surface area contributed by atoms with Crippen LogP contribution in [0.4, 0.5) is 5.69 Å². The number of carbonyl (C=O) groups is 2. The minimum Gasteiger partial charge on any atom is -0.368 e. The van der Waals surface area contributed by atoms with Crippen LogP contribution in [0.5, 0.6) is 0 Å². The number of thiazole rings is 1. The maximum absolute atomic E-state index is 12.8. The number of hydrogen-bond donors (Lipinski definition) is 2. The van der Waals surface area contributed by atoms with Gasteiger partial charge < -0.3 is 11.1 Å². The van der Waals surface area contributed by atoms with E-state index < -0.39 is 0 Å². The maximum Gasteiger partial charge on any atom is 0.267 e. The summed E-state index contributed by atoms with van der Waals surface area (Å²) in [5.41, 5.74) is 8.04. The second kappa shape index (κ2) is 8.63. The van der Waals surface area contributed by atoms with Crippen LogP contribution in [-0.2, 0) is 17.8 Å². The predicted octanol–water partition coefficient (Wildman–Crippen LogP) is 3.11. The highest BCUT2D eigenvalue weighted by Crippen LogP contribution is 2.25. The lowest BCUT2D eigenvalue weighted by Gasteiger charge is -2.23.